The van der Waals surface area contributed by atoms with Crippen LogP contribution in [0.5, 0.6) is 5.75 Å². The first-order valence-electron chi connectivity index (χ1n) is 8.24. The van der Waals surface area contributed by atoms with Crippen molar-refractivity contribution in [2.45, 2.75) is 52.2 Å². The molecule has 5 nitrogen and oxygen atoms in total. The summed E-state index contributed by atoms with van der Waals surface area (Å²) in [5.74, 6) is 1.63. The zero-order chi connectivity index (χ0) is 17.7. The van der Waals surface area contributed by atoms with Gasteiger partial charge in [0.1, 0.15) is 5.75 Å². The topological polar surface area (TPSA) is 52.1 Å². The maximum absolute atomic E-state index is 6.05. The first-order chi connectivity index (χ1) is 11.3. The van der Waals surface area contributed by atoms with Crippen molar-refractivity contribution in [2.75, 3.05) is 13.7 Å². The Morgan fingerprint density at radius 3 is 2.50 bits per heavy atom. The maximum Gasteiger partial charge on any atom is 0.195 e. The molecule has 0 unspecified atom stereocenters. The minimum Gasteiger partial charge on any atom is -0.483 e. The lowest BCUT2D eigenvalue weighted by atomic mass is 9.87. The van der Waals surface area contributed by atoms with Gasteiger partial charge in [-0.2, -0.15) is 5.10 Å². The third-order valence-electron chi connectivity index (χ3n) is 3.91. The molecule has 1 heterocycles. The molecular weight excluding hydrogens is 322 g/mol. The maximum atomic E-state index is 6.05. The van der Waals surface area contributed by atoms with Crippen LogP contribution >= 0.6 is 12.2 Å². The second kappa shape index (κ2) is 7.94. The van der Waals surface area contributed by atoms with Crippen molar-refractivity contribution in [2.24, 2.45) is 0 Å². The molecule has 0 amide bonds. The molecule has 0 bridgehead atoms. The standard InChI is InChI=1S/C18H27N3O2S/c1-13(16-19-20-17(24)21(16)11-6-12-22-5)23-15-9-7-14(8-10-15)18(2,3)4/h7-10,13H,6,11-12H2,1-5H3,(H,20,24)/t13-/m0/s1. The van der Waals surface area contributed by atoms with Crippen LogP contribution in [-0.4, -0.2) is 28.5 Å². The van der Waals surface area contributed by atoms with Crippen LogP contribution < -0.4 is 4.74 Å². The summed E-state index contributed by atoms with van der Waals surface area (Å²) in [6, 6.07) is 8.23. The van der Waals surface area contributed by atoms with E-state index in [-0.39, 0.29) is 11.5 Å². The highest BCUT2D eigenvalue weighted by atomic mass is 32.1. The molecule has 0 spiro atoms. The van der Waals surface area contributed by atoms with Crippen molar-refractivity contribution in [1.29, 1.82) is 0 Å². The number of rotatable bonds is 7. The van der Waals surface area contributed by atoms with Gasteiger partial charge in [-0.15, -0.1) is 0 Å². The second-order valence-electron chi connectivity index (χ2n) is 6.92. The number of H-pyrrole nitrogens is 1. The number of hydrogen-bond acceptors (Lipinski definition) is 4. The predicted octanol–water partition coefficient (Wildman–Crippen LogP) is 4.41. The second-order valence-corrected chi connectivity index (χ2v) is 7.31. The van der Waals surface area contributed by atoms with Crippen LogP contribution in [0.1, 0.15) is 51.6 Å². The average Bonchev–Trinajstić information content (AvgIpc) is 2.88. The Morgan fingerprint density at radius 2 is 1.92 bits per heavy atom. The summed E-state index contributed by atoms with van der Waals surface area (Å²) in [5.41, 5.74) is 1.42. The van der Waals surface area contributed by atoms with E-state index >= 15 is 0 Å². The van der Waals surface area contributed by atoms with Crippen LogP contribution in [0.4, 0.5) is 0 Å². The van der Waals surface area contributed by atoms with Gasteiger partial charge in [-0.25, -0.2) is 0 Å². The van der Waals surface area contributed by atoms with Crippen molar-refractivity contribution < 1.29 is 9.47 Å². The Labute approximate surface area is 149 Å². The summed E-state index contributed by atoms with van der Waals surface area (Å²) < 4.78 is 13.7. The quantitative estimate of drug-likeness (QED) is 0.594. The molecule has 0 radical (unpaired) electrons. The molecule has 1 atom stereocenters. The van der Waals surface area contributed by atoms with Gasteiger partial charge < -0.3 is 14.0 Å². The molecule has 6 heteroatoms. The minimum atomic E-state index is -0.194. The lowest BCUT2D eigenvalue weighted by Crippen LogP contribution is -2.14. The molecule has 0 fully saturated rings. The molecule has 0 saturated carbocycles. The molecule has 1 aromatic heterocycles. The van der Waals surface area contributed by atoms with Crippen LogP contribution in [0.3, 0.4) is 0 Å². The Bertz CT molecular complexity index is 698. The SMILES string of the molecule is COCCCn1c([C@H](C)Oc2ccc(C(C)(C)C)cc2)n[nH]c1=S. The Balaban J connectivity index is 2.10. The summed E-state index contributed by atoms with van der Waals surface area (Å²) in [5, 5.41) is 7.18. The van der Waals surface area contributed by atoms with Crippen LogP contribution in [0, 0.1) is 4.77 Å². The van der Waals surface area contributed by atoms with Crippen LogP contribution in [-0.2, 0) is 16.7 Å². The highest BCUT2D eigenvalue weighted by Crippen LogP contribution is 2.26. The fraction of sp³-hybridized carbons (Fsp3) is 0.556. The number of hydrogen-bond donors (Lipinski definition) is 1. The number of ether oxygens (including phenoxy) is 2. The molecule has 0 aliphatic rings. The Morgan fingerprint density at radius 1 is 1.25 bits per heavy atom. The molecule has 0 aliphatic heterocycles. The molecule has 1 N–H and O–H groups in total. The Hall–Kier alpha value is -1.66. The fourth-order valence-corrected chi connectivity index (χ4v) is 2.74. The highest BCUT2D eigenvalue weighted by molar-refractivity contribution is 7.71. The molecule has 1 aromatic carbocycles. The normalized spacial score (nSPS) is 13.0. The summed E-state index contributed by atoms with van der Waals surface area (Å²) in [6.07, 6.45) is 0.686. The van der Waals surface area contributed by atoms with Crippen LogP contribution in [0.2, 0.25) is 0 Å². The summed E-state index contributed by atoms with van der Waals surface area (Å²) in [4.78, 5) is 0. The van der Waals surface area contributed by atoms with E-state index in [0.29, 0.717) is 11.4 Å². The lowest BCUT2D eigenvalue weighted by Gasteiger charge is -2.20. The van der Waals surface area contributed by atoms with E-state index in [4.69, 9.17) is 21.7 Å². The Kier molecular flexibility index (Phi) is 6.18. The molecule has 24 heavy (non-hydrogen) atoms. The van der Waals surface area contributed by atoms with E-state index in [1.165, 1.54) is 5.56 Å². The van der Waals surface area contributed by atoms with E-state index in [2.05, 4.69) is 43.1 Å². The first kappa shape index (κ1) is 18.7. The van der Waals surface area contributed by atoms with Crippen LogP contribution in [0.25, 0.3) is 0 Å². The zero-order valence-corrected chi connectivity index (χ0v) is 15.9. The number of nitrogens with one attached hydrogen (secondary N) is 1. The van der Waals surface area contributed by atoms with Gasteiger partial charge in [0.15, 0.2) is 16.7 Å². The number of methoxy groups -OCH3 is 1. The van der Waals surface area contributed by atoms with E-state index in [9.17, 15) is 0 Å². The van der Waals surface area contributed by atoms with Gasteiger partial charge in [0.2, 0.25) is 0 Å². The fourth-order valence-electron chi connectivity index (χ4n) is 2.51. The summed E-state index contributed by atoms with van der Waals surface area (Å²) in [7, 11) is 1.70. The molecule has 2 rings (SSSR count). The number of aromatic amines is 1. The molecule has 2 aromatic rings. The third-order valence-corrected chi connectivity index (χ3v) is 4.23. The van der Waals surface area contributed by atoms with Gasteiger partial charge in [0.25, 0.3) is 0 Å². The van der Waals surface area contributed by atoms with Gasteiger partial charge in [-0.1, -0.05) is 32.9 Å². The van der Waals surface area contributed by atoms with Crippen molar-refractivity contribution in [3.05, 3.63) is 40.4 Å². The van der Waals surface area contributed by atoms with Crippen LogP contribution in [0.15, 0.2) is 24.3 Å². The largest absolute Gasteiger partial charge is 0.483 e. The number of benzene rings is 1. The van der Waals surface area contributed by atoms with Gasteiger partial charge >= 0.3 is 0 Å². The van der Waals surface area contributed by atoms with Crippen molar-refractivity contribution in [3.63, 3.8) is 0 Å². The molecular formula is C18H27N3O2S. The molecule has 0 saturated heterocycles. The summed E-state index contributed by atoms with van der Waals surface area (Å²) >= 11 is 5.31. The van der Waals surface area contributed by atoms with E-state index in [1.54, 1.807) is 7.11 Å². The number of aromatic nitrogens is 3. The van der Waals surface area contributed by atoms with E-state index < -0.39 is 0 Å². The van der Waals surface area contributed by atoms with Crippen molar-refractivity contribution >= 4 is 12.2 Å². The van der Waals surface area contributed by atoms with E-state index in [1.807, 2.05) is 23.6 Å². The van der Waals surface area contributed by atoms with Gasteiger partial charge in [-0.05, 0) is 48.7 Å². The van der Waals surface area contributed by atoms with Crippen molar-refractivity contribution in [3.8, 4) is 5.75 Å². The average molecular weight is 350 g/mol. The molecule has 0 aliphatic carbocycles. The monoisotopic (exact) mass is 349 g/mol. The lowest BCUT2D eigenvalue weighted by molar-refractivity contribution is 0.184. The van der Waals surface area contributed by atoms with Crippen molar-refractivity contribution in [1.82, 2.24) is 14.8 Å². The smallest absolute Gasteiger partial charge is 0.195 e. The zero-order valence-electron chi connectivity index (χ0n) is 15.1. The number of nitrogens with zero attached hydrogens (tertiary/aromatic N) is 2. The minimum absolute atomic E-state index is 0.133. The third kappa shape index (κ3) is 4.68. The van der Waals surface area contributed by atoms with Gasteiger partial charge in [-0.3, -0.25) is 5.10 Å². The van der Waals surface area contributed by atoms with E-state index in [0.717, 1.165) is 24.5 Å². The summed E-state index contributed by atoms with van der Waals surface area (Å²) in [6.45, 7) is 10.0. The van der Waals surface area contributed by atoms with Gasteiger partial charge in [0.05, 0.1) is 0 Å². The molecule has 132 valence electrons. The van der Waals surface area contributed by atoms with Gasteiger partial charge in [0, 0.05) is 20.3 Å². The first-order valence-corrected chi connectivity index (χ1v) is 8.65. The predicted molar refractivity (Wildman–Crippen MR) is 98.1 cm³/mol. The highest BCUT2D eigenvalue weighted by Gasteiger charge is 2.17.